The molecule has 0 aliphatic heterocycles. The van der Waals surface area contributed by atoms with Gasteiger partial charge < -0.3 is 4.74 Å². The van der Waals surface area contributed by atoms with Crippen molar-refractivity contribution in [3.05, 3.63) is 24.0 Å². The predicted octanol–water partition coefficient (Wildman–Crippen LogP) is 2.57. The molecule has 3 nitrogen and oxygen atoms in total. The Balaban J connectivity index is 2.91. The average Bonchev–Trinajstić information content (AvgIpc) is 2.27. The van der Waals surface area contributed by atoms with Crippen molar-refractivity contribution in [1.82, 2.24) is 4.98 Å². The third-order valence-corrected chi connectivity index (χ3v) is 2.65. The van der Waals surface area contributed by atoms with Crippen molar-refractivity contribution < 1.29 is 9.53 Å². The van der Waals surface area contributed by atoms with Gasteiger partial charge in [0.15, 0.2) is 5.78 Å². The highest BCUT2D eigenvalue weighted by molar-refractivity contribution is 5.97. The van der Waals surface area contributed by atoms with Crippen molar-refractivity contribution in [2.24, 2.45) is 11.8 Å². The number of hydrogen-bond donors (Lipinski definition) is 0. The lowest BCUT2D eigenvalue weighted by Gasteiger charge is -2.14. The third-order valence-electron chi connectivity index (χ3n) is 2.65. The van der Waals surface area contributed by atoms with Gasteiger partial charge in [-0.3, -0.25) is 9.78 Å². The van der Waals surface area contributed by atoms with Gasteiger partial charge >= 0.3 is 0 Å². The maximum atomic E-state index is 12.0. The van der Waals surface area contributed by atoms with Crippen molar-refractivity contribution in [2.45, 2.75) is 20.8 Å². The van der Waals surface area contributed by atoms with Gasteiger partial charge in [-0.25, -0.2) is 0 Å². The average molecular weight is 207 g/mol. The molecule has 0 aromatic carbocycles. The maximum Gasteiger partial charge on any atom is 0.167 e. The first-order valence-electron chi connectivity index (χ1n) is 5.09. The largest absolute Gasteiger partial charge is 0.495 e. The highest BCUT2D eigenvalue weighted by Gasteiger charge is 2.18. The maximum absolute atomic E-state index is 12.0. The van der Waals surface area contributed by atoms with Crippen molar-refractivity contribution in [1.29, 1.82) is 0 Å². The second kappa shape index (κ2) is 4.91. The number of carbonyl (C=O) groups excluding carboxylic acids is 1. The molecule has 0 aliphatic rings. The van der Waals surface area contributed by atoms with Gasteiger partial charge in [-0.1, -0.05) is 20.8 Å². The van der Waals surface area contributed by atoms with E-state index >= 15 is 0 Å². The zero-order chi connectivity index (χ0) is 11.4. The normalized spacial score (nSPS) is 12.6. The van der Waals surface area contributed by atoms with Crippen LogP contribution in [0.3, 0.4) is 0 Å². The lowest BCUT2D eigenvalue weighted by atomic mass is 9.90. The van der Waals surface area contributed by atoms with Crippen LogP contribution in [0.5, 0.6) is 5.75 Å². The SMILES string of the molecule is COc1cncc(C(=O)C(C)C(C)C)c1. The van der Waals surface area contributed by atoms with E-state index in [0.29, 0.717) is 17.2 Å². The van der Waals surface area contributed by atoms with E-state index in [9.17, 15) is 4.79 Å². The van der Waals surface area contributed by atoms with E-state index in [1.54, 1.807) is 25.6 Å². The van der Waals surface area contributed by atoms with Gasteiger partial charge in [-0.2, -0.15) is 0 Å². The van der Waals surface area contributed by atoms with E-state index < -0.39 is 0 Å². The zero-order valence-electron chi connectivity index (χ0n) is 9.65. The number of carbonyl (C=O) groups is 1. The van der Waals surface area contributed by atoms with Crippen LogP contribution in [0, 0.1) is 11.8 Å². The standard InChI is InChI=1S/C12H17NO2/c1-8(2)9(3)12(14)10-5-11(15-4)7-13-6-10/h5-9H,1-4H3. The summed E-state index contributed by atoms with van der Waals surface area (Å²) in [7, 11) is 1.57. The van der Waals surface area contributed by atoms with Gasteiger partial charge in [0.2, 0.25) is 0 Å². The number of nitrogens with zero attached hydrogens (tertiary/aromatic N) is 1. The molecule has 1 aromatic heterocycles. The lowest BCUT2D eigenvalue weighted by Crippen LogP contribution is -2.17. The monoisotopic (exact) mass is 207 g/mol. The van der Waals surface area contributed by atoms with Crippen molar-refractivity contribution in [3.8, 4) is 5.75 Å². The fourth-order valence-corrected chi connectivity index (χ4v) is 1.23. The summed E-state index contributed by atoms with van der Waals surface area (Å²) in [4.78, 5) is 15.9. The first kappa shape index (κ1) is 11.7. The number of pyridine rings is 1. The quantitative estimate of drug-likeness (QED) is 0.712. The topological polar surface area (TPSA) is 39.2 Å². The van der Waals surface area contributed by atoms with Gasteiger partial charge in [0.1, 0.15) is 5.75 Å². The molecule has 82 valence electrons. The van der Waals surface area contributed by atoms with Crippen LogP contribution in [0.1, 0.15) is 31.1 Å². The molecule has 15 heavy (non-hydrogen) atoms. The highest BCUT2D eigenvalue weighted by Crippen LogP contribution is 2.18. The van der Waals surface area contributed by atoms with Crippen LogP contribution in [0.2, 0.25) is 0 Å². The molecule has 0 radical (unpaired) electrons. The zero-order valence-corrected chi connectivity index (χ0v) is 9.65. The smallest absolute Gasteiger partial charge is 0.167 e. The van der Waals surface area contributed by atoms with Crippen LogP contribution in [0.4, 0.5) is 0 Å². The van der Waals surface area contributed by atoms with Gasteiger partial charge in [0.25, 0.3) is 0 Å². The van der Waals surface area contributed by atoms with Gasteiger partial charge in [0.05, 0.1) is 13.3 Å². The molecule has 0 fully saturated rings. The van der Waals surface area contributed by atoms with E-state index in [-0.39, 0.29) is 11.7 Å². The summed E-state index contributed by atoms with van der Waals surface area (Å²) in [6.07, 6.45) is 3.18. The summed E-state index contributed by atoms with van der Waals surface area (Å²) in [6.45, 7) is 6.01. The molecule has 0 aliphatic carbocycles. The molecule has 1 aromatic rings. The molecule has 3 heteroatoms. The Kier molecular flexibility index (Phi) is 3.83. The van der Waals surface area contributed by atoms with Crippen LogP contribution >= 0.6 is 0 Å². The molecule has 1 unspecified atom stereocenters. The number of Topliss-reactive ketones (excluding diaryl/α,β-unsaturated/α-hetero) is 1. The van der Waals surface area contributed by atoms with Gasteiger partial charge in [-0.05, 0) is 12.0 Å². The summed E-state index contributed by atoms with van der Waals surface area (Å²) in [6, 6.07) is 1.73. The molecule has 0 N–H and O–H groups in total. The second-order valence-electron chi connectivity index (χ2n) is 4.01. The fourth-order valence-electron chi connectivity index (χ4n) is 1.23. The predicted molar refractivity (Wildman–Crippen MR) is 59.1 cm³/mol. The Morgan fingerprint density at radius 3 is 2.53 bits per heavy atom. The van der Waals surface area contributed by atoms with Crippen LogP contribution in [-0.2, 0) is 0 Å². The number of methoxy groups -OCH3 is 1. The van der Waals surface area contributed by atoms with Crippen LogP contribution < -0.4 is 4.74 Å². The highest BCUT2D eigenvalue weighted by atomic mass is 16.5. The second-order valence-corrected chi connectivity index (χ2v) is 4.01. The Hall–Kier alpha value is -1.38. The number of rotatable bonds is 4. The van der Waals surface area contributed by atoms with E-state index in [2.05, 4.69) is 4.98 Å². The van der Waals surface area contributed by atoms with Crippen molar-refractivity contribution in [2.75, 3.05) is 7.11 Å². The molecule has 1 rings (SSSR count). The molecule has 1 atom stereocenters. The molecule has 0 saturated carbocycles. The van der Waals surface area contributed by atoms with E-state index in [4.69, 9.17) is 4.74 Å². The van der Waals surface area contributed by atoms with E-state index in [0.717, 1.165) is 0 Å². The lowest BCUT2D eigenvalue weighted by molar-refractivity contribution is 0.0899. The number of hydrogen-bond acceptors (Lipinski definition) is 3. The first-order chi connectivity index (χ1) is 7.06. The summed E-state index contributed by atoms with van der Waals surface area (Å²) in [5.74, 6) is 1.09. The van der Waals surface area contributed by atoms with Gasteiger partial charge in [-0.15, -0.1) is 0 Å². The number of ketones is 1. The Bertz CT molecular complexity index is 347. The summed E-state index contributed by atoms with van der Waals surface area (Å²) in [5, 5.41) is 0. The van der Waals surface area contributed by atoms with Crippen LogP contribution in [0.25, 0.3) is 0 Å². The molecule has 0 saturated heterocycles. The van der Waals surface area contributed by atoms with E-state index in [1.807, 2.05) is 20.8 Å². The summed E-state index contributed by atoms with van der Waals surface area (Å²) in [5.41, 5.74) is 0.621. The Morgan fingerprint density at radius 1 is 1.33 bits per heavy atom. The summed E-state index contributed by atoms with van der Waals surface area (Å²) < 4.78 is 5.03. The minimum absolute atomic E-state index is 0.0129. The molecule has 0 bridgehead atoms. The van der Waals surface area contributed by atoms with Crippen molar-refractivity contribution in [3.63, 3.8) is 0 Å². The number of aromatic nitrogens is 1. The molecular weight excluding hydrogens is 190 g/mol. The van der Waals surface area contributed by atoms with E-state index in [1.165, 1.54) is 0 Å². The molecule has 0 amide bonds. The fraction of sp³-hybridized carbons (Fsp3) is 0.500. The molecule has 0 spiro atoms. The van der Waals surface area contributed by atoms with Gasteiger partial charge in [0, 0.05) is 17.7 Å². The Morgan fingerprint density at radius 2 is 2.00 bits per heavy atom. The van der Waals surface area contributed by atoms with Crippen molar-refractivity contribution >= 4 is 5.78 Å². The Labute approximate surface area is 90.5 Å². The van der Waals surface area contributed by atoms with Crippen LogP contribution in [0.15, 0.2) is 18.5 Å². The number of ether oxygens (including phenoxy) is 1. The molecule has 1 heterocycles. The minimum atomic E-state index is 0.0129. The molecular formula is C12H17NO2. The summed E-state index contributed by atoms with van der Waals surface area (Å²) >= 11 is 0. The van der Waals surface area contributed by atoms with Crippen LogP contribution in [-0.4, -0.2) is 17.9 Å². The minimum Gasteiger partial charge on any atom is -0.495 e. The third kappa shape index (κ3) is 2.78. The first-order valence-corrected chi connectivity index (χ1v) is 5.09.